The molecule has 1 aromatic rings. The van der Waals surface area contributed by atoms with E-state index in [9.17, 15) is 13.6 Å². The maximum absolute atomic E-state index is 12.5. The standard InChI is InChI=1S/C8H8F2N2O2/c1-3-5(6(9)10)4(8(13)14)2-12-7(3)11/h2,6H,1H3,(H2,11,12)(H,13,14). The maximum atomic E-state index is 12.5. The number of rotatable bonds is 2. The molecule has 0 bridgehead atoms. The Hall–Kier alpha value is -1.72. The second-order valence-electron chi connectivity index (χ2n) is 2.70. The highest BCUT2D eigenvalue weighted by molar-refractivity contribution is 5.90. The van der Waals surface area contributed by atoms with E-state index in [1.54, 1.807) is 0 Å². The van der Waals surface area contributed by atoms with Crippen molar-refractivity contribution < 1.29 is 18.7 Å². The van der Waals surface area contributed by atoms with Gasteiger partial charge in [-0.25, -0.2) is 18.6 Å². The van der Waals surface area contributed by atoms with Crippen molar-refractivity contribution >= 4 is 11.8 Å². The number of nitrogen functional groups attached to an aromatic ring is 1. The summed E-state index contributed by atoms with van der Waals surface area (Å²) in [5.74, 6) is -1.51. The lowest BCUT2D eigenvalue weighted by molar-refractivity contribution is 0.0683. The predicted molar refractivity (Wildman–Crippen MR) is 45.3 cm³/mol. The summed E-state index contributed by atoms with van der Waals surface area (Å²) in [4.78, 5) is 14.1. The molecular formula is C8H8F2N2O2. The number of carbonyl (C=O) groups is 1. The number of nitrogens with two attached hydrogens (primary N) is 1. The monoisotopic (exact) mass is 202 g/mol. The summed E-state index contributed by atoms with van der Waals surface area (Å²) >= 11 is 0. The van der Waals surface area contributed by atoms with Gasteiger partial charge in [-0.3, -0.25) is 0 Å². The van der Waals surface area contributed by atoms with Crippen molar-refractivity contribution in [3.8, 4) is 0 Å². The van der Waals surface area contributed by atoms with Crippen LogP contribution in [0, 0.1) is 6.92 Å². The first-order valence-electron chi connectivity index (χ1n) is 3.71. The van der Waals surface area contributed by atoms with E-state index in [1.807, 2.05) is 0 Å². The summed E-state index contributed by atoms with van der Waals surface area (Å²) in [6, 6.07) is 0. The Bertz CT molecular complexity index is 380. The molecule has 0 aromatic carbocycles. The molecular weight excluding hydrogens is 194 g/mol. The van der Waals surface area contributed by atoms with Crippen LogP contribution in [0.5, 0.6) is 0 Å². The number of hydrogen-bond donors (Lipinski definition) is 2. The van der Waals surface area contributed by atoms with Gasteiger partial charge in [-0.2, -0.15) is 0 Å². The van der Waals surface area contributed by atoms with Gasteiger partial charge >= 0.3 is 5.97 Å². The van der Waals surface area contributed by atoms with Gasteiger partial charge in [-0.1, -0.05) is 0 Å². The molecule has 0 aliphatic carbocycles. The van der Waals surface area contributed by atoms with Crippen molar-refractivity contribution in [2.45, 2.75) is 13.3 Å². The molecule has 0 amide bonds. The molecule has 1 aromatic heterocycles. The SMILES string of the molecule is Cc1c(N)ncc(C(=O)O)c1C(F)F. The van der Waals surface area contributed by atoms with Gasteiger partial charge in [0.1, 0.15) is 5.82 Å². The molecule has 1 rings (SSSR count). The normalized spacial score (nSPS) is 10.6. The highest BCUT2D eigenvalue weighted by Gasteiger charge is 2.22. The van der Waals surface area contributed by atoms with Crippen LogP contribution < -0.4 is 5.73 Å². The highest BCUT2D eigenvalue weighted by atomic mass is 19.3. The van der Waals surface area contributed by atoms with Gasteiger partial charge in [0.2, 0.25) is 0 Å². The van der Waals surface area contributed by atoms with Crippen LogP contribution in [0.1, 0.15) is 27.9 Å². The Labute approximate surface area is 78.4 Å². The topological polar surface area (TPSA) is 76.2 Å². The number of carboxylic acids is 1. The largest absolute Gasteiger partial charge is 0.478 e. The lowest BCUT2D eigenvalue weighted by atomic mass is 10.1. The maximum Gasteiger partial charge on any atom is 0.337 e. The quantitative estimate of drug-likeness (QED) is 0.763. The van der Waals surface area contributed by atoms with Gasteiger partial charge in [0.15, 0.2) is 0 Å². The third-order valence-corrected chi connectivity index (χ3v) is 1.86. The average molecular weight is 202 g/mol. The Balaban J connectivity index is 3.45. The minimum absolute atomic E-state index is 0.0138. The number of aromatic nitrogens is 1. The van der Waals surface area contributed by atoms with E-state index in [0.29, 0.717) is 0 Å². The zero-order valence-electron chi connectivity index (χ0n) is 7.29. The summed E-state index contributed by atoms with van der Waals surface area (Å²) in [5, 5.41) is 8.62. The Kier molecular flexibility index (Phi) is 2.64. The average Bonchev–Trinajstić information content (AvgIpc) is 2.08. The Morgan fingerprint density at radius 1 is 1.64 bits per heavy atom. The van der Waals surface area contributed by atoms with Crippen LogP contribution in [-0.4, -0.2) is 16.1 Å². The molecule has 0 saturated carbocycles. The van der Waals surface area contributed by atoms with E-state index in [-0.39, 0.29) is 11.4 Å². The van der Waals surface area contributed by atoms with E-state index >= 15 is 0 Å². The van der Waals surface area contributed by atoms with Gasteiger partial charge in [-0.15, -0.1) is 0 Å². The number of anilines is 1. The molecule has 0 aliphatic rings. The van der Waals surface area contributed by atoms with Crippen molar-refractivity contribution in [2.75, 3.05) is 5.73 Å². The molecule has 0 saturated heterocycles. The molecule has 6 heteroatoms. The summed E-state index contributed by atoms with van der Waals surface area (Å²) in [5.41, 5.74) is 4.23. The number of hydrogen-bond acceptors (Lipinski definition) is 3. The first kappa shape index (κ1) is 10.4. The second kappa shape index (κ2) is 3.57. The number of pyridine rings is 1. The lowest BCUT2D eigenvalue weighted by Gasteiger charge is -2.09. The molecule has 3 N–H and O–H groups in total. The van der Waals surface area contributed by atoms with Crippen LogP contribution >= 0.6 is 0 Å². The van der Waals surface area contributed by atoms with Crippen molar-refractivity contribution in [3.05, 3.63) is 22.9 Å². The number of carboxylic acid groups (broad SMARTS) is 1. The van der Waals surface area contributed by atoms with Crippen molar-refractivity contribution in [2.24, 2.45) is 0 Å². The molecule has 4 nitrogen and oxygen atoms in total. The van der Waals surface area contributed by atoms with Crippen LogP contribution in [0.15, 0.2) is 6.20 Å². The van der Waals surface area contributed by atoms with E-state index in [4.69, 9.17) is 10.8 Å². The van der Waals surface area contributed by atoms with Crippen LogP contribution in [0.25, 0.3) is 0 Å². The summed E-state index contributed by atoms with van der Waals surface area (Å²) in [6.45, 7) is 1.32. The predicted octanol–water partition coefficient (Wildman–Crippen LogP) is 1.61. The zero-order valence-corrected chi connectivity index (χ0v) is 7.29. The minimum atomic E-state index is -2.87. The van der Waals surface area contributed by atoms with Crippen LogP contribution in [-0.2, 0) is 0 Å². The van der Waals surface area contributed by atoms with E-state index in [2.05, 4.69) is 4.98 Å². The fourth-order valence-electron chi connectivity index (χ4n) is 1.09. The van der Waals surface area contributed by atoms with Gasteiger partial charge < -0.3 is 10.8 Å². The second-order valence-corrected chi connectivity index (χ2v) is 2.70. The number of aromatic carboxylic acids is 1. The molecule has 0 unspecified atom stereocenters. The molecule has 0 radical (unpaired) electrons. The fourth-order valence-corrected chi connectivity index (χ4v) is 1.09. The first-order chi connectivity index (χ1) is 6.45. The van der Waals surface area contributed by atoms with Crippen LogP contribution in [0.4, 0.5) is 14.6 Å². The molecule has 1 heterocycles. The summed E-state index contributed by atoms with van der Waals surface area (Å²) in [6.07, 6.45) is -2.03. The molecule has 0 atom stereocenters. The van der Waals surface area contributed by atoms with Gasteiger partial charge in [0.05, 0.1) is 5.56 Å². The van der Waals surface area contributed by atoms with Crippen molar-refractivity contribution in [3.63, 3.8) is 0 Å². The minimum Gasteiger partial charge on any atom is -0.478 e. The molecule has 14 heavy (non-hydrogen) atoms. The third kappa shape index (κ3) is 1.63. The summed E-state index contributed by atoms with van der Waals surface area (Å²) in [7, 11) is 0. The van der Waals surface area contributed by atoms with E-state index in [1.165, 1.54) is 6.92 Å². The van der Waals surface area contributed by atoms with Crippen molar-refractivity contribution in [1.82, 2.24) is 4.98 Å². The van der Waals surface area contributed by atoms with E-state index < -0.39 is 23.5 Å². The molecule has 0 spiro atoms. The zero-order chi connectivity index (χ0) is 10.9. The lowest BCUT2D eigenvalue weighted by Crippen LogP contribution is -2.08. The number of alkyl halides is 2. The Morgan fingerprint density at radius 2 is 2.21 bits per heavy atom. The van der Waals surface area contributed by atoms with E-state index in [0.717, 1.165) is 6.20 Å². The number of nitrogens with zero attached hydrogens (tertiary/aromatic N) is 1. The highest BCUT2D eigenvalue weighted by Crippen LogP contribution is 2.28. The van der Waals surface area contributed by atoms with Gasteiger partial charge in [-0.05, 0) is 6.92 Å². The molecule has 0 fully saturated rings. The van der Waals surface area contributed by atoms with Crippen LogP contribution in [0.3, 0.4) is 0 Å². The summed E-state index contributed by atoms with van der Waals surface area (Å²) < 4.78 is 25.0. The third-order valence-electron chi connectivity index (χ3n) is 1.86. The smallest absolute Gasteiger partial charge is 0.337 e. The molecule has 0 aliphatic heterocycles. The van der Waals surface area contributed by atoms with Crippen LogP contribution in [0.2, 0.25) is 0 Å². The van der Waals surface area contributed by atoms with Crippen molar-refractivity contribution in [1.29, 1.82) is 0 Å². The van der Waals surface area contributed by atoms with Gasteiger partial charge in [0, 0.05) is 17.3 Å². The van der Waals surface area contributed by atoms with Gasteiger partial charge in [0.25, 0.3) is 6.43 Å². The fraction of sp³-hybridized carbons (Fsp3) is 0.250. The Morgan fingerprint density at radius 3 is 2.64 bits per heavy atom. The first-order valence-corrected chi connectivity index (χ1v) is 3.71. The molecule has 76 valence electrons. The number of halogens is 2.